The van der Waals surface area contributed by atoms with Gasteiger partial charge in [0.2, 0.25) is 0 Å². The summed E-state index contributed by atoms with van der Waals surface area (Å²) in [7, 11) is 0. The maximum Gasteiger partial charge on any atom is 0.116 e. The van der Waals surface area contributed by atoms with Crippen molar-refractivity contribution in [2.24, 2.45) is 5.92 Å². The number of likely N-dealkylation sites (tertiary alicyclic amines) is 1. The lowest BCUT2D eigenvalue weighted by atomic mass is 9.86. The number of nitrogens with zero attached hydrogens (tertiary/aromatic N) is 2. The summed E-state index contributed by atoms with van der Waals surface area (Å²) in [4.78, 5) is 2.22. The lowest BCUT2D eigenvalue weighted by Gasteiger charge is -2.42. The fourth-order valence-corrected chi connectivity index (χ4v) is 2.21. The van der Waals surface area contributed by atoms with Crippen LogP contribution in [0.4, 0.5) is 4.39 Å². The van der Waals surface area contributed by atoms with Crippen molar-refractivity contribution in [1.82, 2.24) is 4.90 Å². The summed E-state index contributed by atoms with van der Waals surface area (Å²) in [6.45, 7) is 1.84. The van der Waals surface area contributed by atoms with Crippen molar-refractivity contribution < 1.29 is 4.39 Å². The van der Waals surface area contributed by atoms with Gasteiger partial charge in [-0.15, -0.1) is 0 Å². The van der Waals surface area contributed by atoms with Crippen LogP contribution in [0.25, 0.3) is 0 Å². The summed E-state index contributed by atoms with van der Waals surface area (Å²) in [6, 6.07) is 2.47. The first kappa shape index (κ1) is 8.96. The van der Waals surface area contributed by atoms with Gasteiger partial charge in [-0.2, -0.15) is 5.26 Å². The Kier molecular flexibility index (Phi) is 2.50. The second kappa shape index (κ2) is 3.63. The van der Waals surface area contributed by atoms with Crippen LogP contribution in [0, 0.1) is 17.2 Å². The van der Waals surface area contributed by atoms with E-state index in [0.29, 0.717) is 0 Å². The van der Waals surface area contributed by atoms with Crippen LogP contribution in [-0.4, -0.2) is 30.2 Å². The van der Waals surface area contributed by atoms with Gasteiger partial charge in [-0.05, 0) is 38.8 Å². The van der Waals surface area contributed by atoms with Crippen LogP contribution in [-0.2, 0) is 0 Å². The van der Waals surface area contributed by atoms with E-state index >= 15 is 0 Å². The van der Waals surface area contributed by atoms with Crippen LogP contribution in [0.1, 0.15) is 25.7 Å². The van der Waals surface area contributed by atoms with E-state index < -0.39 is 6.17 Å². The van der Waals surface area contributed by atoms with Crippen molar-refractivity contribution in [3.63, 3.8) is 0 Å². The number of rotatable bonds is 1. The smallest absolute Gasteiger partial charge is 0.116 e. The highest BCUT2D eigenvalue weighted by atomic mass is 19.1. The third-order valence-corrected chi connectivity index (χ3v) is 3.34. The van der Waals surface area contributed by atoms with Gasteiger partial charge in [-0.3, -0.25) is 4.90 Å². The fourth-order valence-electron chi connectivity index (χ4n) is 2.21. The Bertz CT molecular complexity index is 215. The molecule has 0 aromatic carbocycles. The average molecular weight is 182 g/mol. The van der Waals surface area contributed by atoms with Gasteiger partial charge in [0.05, 0.1) is 6.07 Å². The van der Waals surface area contributed by atoms with Crippen molar-refractivity contribution >= 4 is 0 Å². The van der Waals surface area contributed by atoms with Crippen molar-refractivity contribution in [3.05, 3.63) is 0 Å². The Balaban J connectivity index is 1.81. The van der Waals surface area contributed by atoms with E-state index in [1.165, 1.54) is 0 Å². The monoisotopic (exact) mass is 182 g/mol. The summed E-state index contributed by atoms with van der Waals surface area (Å²) in [6.07, 6.45) is 3.01. The van der Waals surface area contributed by atoms with Gasteiger partial charge in [0.25, 0.3) is 0 Å². The number of hydrogen-bond donors (Lipinski definition) is 0. The molecule has 2 atom stereocenters. The highest BCUT2D eigenvalue weighted by molar-refractivity contribution is 4.94. The number of piperidine rings is 1. The molecule has 0 bridgehead atoms. The highest BCUT2D eigenvalue weighted by Gasteiger charge is 2.36. The van der Waals surface area contributed by atoms with Crippen molar-refractivity contribution in [2.75, 3.05) is 13.1 Å². The Labute approximate surface area is 78.3 Å². The summed E-state index contributed by atoms with van der Waals surface area (Å²) >= 11 is 0. The van der Waals surface area contributed by atoms with Gasteiger partial charge in [-0.1, -0.05) is 0 Å². The first-order valence-corrected chi connectivity index (χ1v) is 5.09. The molecule has 1 saturated carbocycles. The Morgan fingerprint density at radius 3 is 2.23 bits per heavy atom. The zero-order chi connectivity index (χ0) is 9.26. The third kappa shape index (κ3) is 1.68. The quantitative estimate of drug-likeness (QED) is 0.617. The van der Waals surface area contributed by atoms with Gasteiger partial charge < -0.3 is 0 Å². The molecule has 0 spiro atoms. The molecule has 0 amide bonds. The topological polar surface area (TPSA) is 27.0 Å². The number of alkyl halides is 1. The molecule has 72 valence electrons. The zero-order valence-electron chi connectivity index (χ0n) is 7.75. The predicted octanol–water partition coefficient (Wildman–Crippen LogP) is 1.72. The van der Waals surface area contributed by atoms with E-state index in [1.807, 2.05) is 0 Å². The second-order valence-electron chi connectivity index (χ2n) is 4.10. The summed E-state index contributed by atoms with van der Waals surface area (Å²) < 4.78 is 13.0. The first-order chi connectivity index (χ1) is 6.31. The number of hydrogen-bond acceptors (Lipinski definition) is 2. The number of halogens is 1. The molecule has 2 unspecified atom stereocenters. The van der Waals surface area contributed by atoms with Crippen LogP contribution in [0.2, 0.25) is 0 Å². The van der Waals surface area contributed by atoms with Crippen LogP contribution in [0.15, 0.2) is 0 Å². The molecule has 0 aromatic heterocycles. The normalized spacial score (nSPS) is 36.6. The van der Waals surface area contributed by atoms with Crippen molar-refractivity contribution in [3.8, 4) is 6.07 Å². The van der Waals surface area contributed by atoms with Gasteiger partial charge in [-0.25, -0.2) is 4.39 Å². The average Bonchev–Trinajstić information content (AvgIpc) is 2.17. The van der Waals surface area contributed by atoms with Crippen molar-refractivity contribution in [2.45, 2.75) is 37.9 Å². The van der Waals surface area contributed by atoms with E-state index in [2.05, 4.69) is 11.0 Å². The van der Waals surface area contributed by atoms with E-state index in [-0.39, 0.29) is 12.0 Å². The van der Waals surface area contributed by atoms with Gasteiger partial charge in [0.15, 0.2) is 0 Å². The minimum Gasteiger partial charge on any atom is -0.297 e. The largest absolute Gasteiger partial charge is 0.297 e. The maximum absolute atomic E-state index is 13.0. The van der Waals surface area contributed by atoms with Crippen LogP contribution >= 0.6 is 0 Å². The standard InChI is InChI=1S/C10H15FN2/c11-9-1-2-10(9)13-5-3-8(7-12)4-6-13/h8-10H,1-6H2. The third-order valence-electron chi connectivity index (χ3n) is 3.34. The molecule has 1 saturated heterocycles. The molecule has 1 heterocycles. The molecule has 2 nitrogen and oxygen atoms in total. The Morgan fingerprint density at radius 1 is 1.15 bits per heavy atom. The van der Waals surface area contributed by atoms with E-state index in [4.69, 9.17) is 5.26 Å². The lowest BCUT2D eigenvalue weighted by molar-refractivity contribution is 0.0181. The number of nitriles is 1. The molecule has 3 heteroatoms. The van der Waals surface area contributed by atoms with Gasteiger partial charge >= 0.3 is 0 Å². The molecule has 2 rings (SSSR count). The van der Waals surface area contributed by atoms with Crippen LogP contribution in [0.5, 0.6) is 0 Å². The lowest BCUT2D eigenvalue weighted by Crippen LogP contribution is -2.51. The van der Waals surface area contributed by atoms with E-state index in [0.717, 1.165) is 38.8 Å². The molecule has 13 heavy (non-hydrogen) atoms. The highest BCUT2D eigenvalue weighted by Crippen LogP contribution is 2.31. The summed E-state index contributed by atoms with van der Waals surface area (Å²) in [5, 5.41) is 8.70. The van der Waals surface area contributed by atoms with Gasteiger partial charge in [0.1, 0.15) is 6.17 Å². The van der Waals surface area contributed by atoms with E-state index in [9.17, 15) is 4.39 Å². The summed E-state index contributed by atoms with van der Waals surface area (Å²) in [5.74, 6) is 0.217. The first-order valence-electron chi connectivity index (χ1n) is 5.09. The predicted molar refractivity (Wildman–Crippen MR) is 47.8 cm³/mol. The van der Waals surface area contributed by atoms with Gasteiger partial charge in [0, 0.05) is 12.0 Å². The second-order valence-corrected chi connectivity index (χ2v) is 4.10. The SMILES string of the molecule is N#CC1CCN(C2CCC2F)CC1. The molecule has 0 N–H and O–H groups in total. The van der Waals surface area contributed by atoms with Crippen LogP contribution in [0.3, 0.4) is 0 Å². The Morgan fingerprint density at radius 2 is 1.85 bits per heavy atom. The molecular formula is C10H15FN2. The molecule has 0 radical (unpaired) electrons. The molecule has 1 aliphatic heterocycles. The minimum absolute atomic E-state index is 0.180. The zero-order valence-corrected chi connectivity index (χ0v) is 7.75. The molecular weight excluding hydrogens is 167 g/mol. The Hall–Kier alpha value is -0.620. The van der Waals surface area contributed by atoms with Crippen LogP contribution < -0.4 is 0 Å². The summed E-state index contributed by atoms with van der Waals surface area (Å²) in [5.41, 5.74) is 0. The molecule has 2 fully saturated rings. The maximum atomic E-state index is 13.0. The molecule has 2 aliphatic rings. The van der Waals surface area contributed by atoms with Crippen molar-refractivity contribution in [1.29, 1.82) is 5.26 Å². The van der Waals surface area contributed by atoms with E-state index in [1.54, 1.807) is 0 Å². The minimum atomic E-state index is -0.598. The molecule has 0 aromatic rings. The fraction of sp³-hybridized carbons (Fsp3) is 0.900. The molecule has 1 aliphatic carbocycles.